The van der Waals surface area contributed by atoms with Crippen LogP contribution in [0.5, 0.6) is 11.5 Å². The van der Waals surface area contributed by atoms with Crippen molar-refractivity contribution in [3.8, 4) is 39.6 Å². The first-order valence-corrected chi connectivity index (χ1v) is 24.5. The lowest BCUT2D eigenvalue weighted by atomic mass is 9.80. The van der Waals surface area contributed by atoms with Crippen LogP contribution in [0.4, 0.5) is 22.7 Å². The Morgan fingerprint density at radius 1 is 0.522 bits per heavy atom. The number of hydrogen-bond acceptors (Lipinski definition) is 5. The zero-order chi connectivity index (χ0) is 49.7. The fourth-order valence-electron chi connectivity index (χ4n) is 10.0. The van der Waals surface area contributed by atoms with Crippen LogP contribution in [0.2, 0.25) is 0 Å². The van der Waals surface area contributed by atoms with Gasteiger partial charge in [0.05, 0.1) is 22.4 Å². The smallest absolute Gasteiger partial charge is 0.137 e. The highest BCUT2D eigenvalue weighted by molar-refractivity contribution is 7.26. The quantitative estimate of drug-likeness (QED) is 0.159. The Bertz CT molecular complexity index is 3880. The molecule has 3 aromatic heterocycles. The first-order chi connectivity index (χ1) is 34.6. The fraction of sp³-hybridized carbons (Fsp3) is 0.159. The van der Waals surface area contributed by atoms with Crippen LogP contribution in [0, 0.1) is 6.85 Å². The number of benzene rings is 8. The van der Waals surface area contributed by atoms with Crippen molar-refractivity contribution in [2.75, 3.05) is 16.5 Å². The van der Waals surface area contributed by atoms with Crippen LogP contribution in [0.15, 0.2) is 188 Å². The molecular weight excluding hydrogens is 861 g/mol. The highest BCUT2D eigenvalue weighted by Crippen LogP contribution is 2.47. The third kappa shape index (κ3) is 7.51. The highest BCUT2D eigenvalue weighted by Gasteiger charge is 2.30. The lowest BCUT2D eigenvalue weighted by molar-refractivity contribution is 0.483. The number of rotatable bonds is 7. The van der Waals surface area contributed by atoms with Crippen molar-refractivity contribution in [3.63, 3.8) is 0 Å². The van der Waals surface area contributed by atoms with E-state index in [-0.39, 0.29) is 16.4 Å². The van der Waals surface area contributed by atoms with E-state index in [4.69, 9.17) is 13.8 Å². The number of thiophene rings is 1. The summed E-state index contributed by atoms with van der Waals surface area (Å²) >= 11 is 1.82. The van der Waals surface area contributed by atoms with Crippen LogP contribution in [0.1, 0.15) is 62.3 Å². The van der Waals surface area contributed by atoms with E-state index in [0.717, 1.165) is 50.0 Å². The highest BCUT2D eigenvalue weighted by atomic mass is 32.1. The normalized spacial score (nSPS) is 13.9. The summed E-state index contributed by atoms with van der Waals surface area (Å²) < 4.78 is 37.5. The molecule has 0 atom stereocenters. The largest absolute Gasteiger partial charge is 0.457 e. The van der Waals surface area contributed by atoms with Crippen molar-refractivity contribution < 1.29 is 8.85 Å². The van der Waals surface area contributed by atoms with Gasteiger partial charge >= 0.3 is 0 Å². The summed E-state index contributed by atoms with van der Waals surface area (Å²) in [4.78, 5) is 9.81. The van der Waals surface area contributed by atoms with Crippen molar-refractivity contribution in [3.05, 3.63) is 205 Å². The van der Waals surface area contributed by atoms with Gasteiger partial charge in [-0.05, 0) is 124 Å². The first-order valence-electron chi connectivity index (χ1n) is 25.2. The Hall–Kier alpha value is -7.67. The van der Waals surface area contributed by atoms with E-state index in [0.29, 0.717) is 29.5 Å². The number of ether oxygens (including phenoxy) is 1. The monoisotopic (exact) mass is 917 g/mol. The summed E-state index contributed by atoms with van der Waals surface area (Å²) in [5.74, 6) is 1.86. The predicted molar refractivity (Wildman–Crippen MR) is 293 cm³/mol. The van der Waals surface area contributed by atoms with Gasteiger partial charge in [-0.2, -0.15) is 0 Å². The summed E-state index contributed by atoms with van der Waals surface area (Å²) in [6.07, 6.45) is 1.70. The molecule has 4 heterocycles. The van der Waals surface area contributed by atoms with Gasteiger partial charge in [0, 0.05) is 70.3 Å². The van der Waals surface area contributed by atoms with Gasteiger partial charge in [0.2, 0.25) is 0 Å². The van der Waals surface area contributed by atoms with Crippen molar-refractivity contribution in [2.24, 2.45) is 0 Å². The van der Waals surface area contributed by atoms with E-state index in [9.17, 15) is 0 Å². The molecule has 8 aromatic carbocycles. The number of aromatic nitrogens is 2. The maximum atomic E-state index is 8.71. The zero-order valence-corrected chi connectivity index (χ0v) is 40.5. The van der Waals surface area contributed by atoms with Gasteiger partial charge in [0.1, 0.15) is 24.0 Å². The SMILES string of the molecule is [2H]C([2H])([2H])c1cc(-n2c3ccc(-c4cccc5c4sc4ccccc45)cc3c3ccc(Oc4cccc(N5CN(c6cc(C(C)(C)C)cc(C(C)(C)C)c6)c6ccccc65)c4)cc32)ncc1-c1ccccc1. The van der Waals surface area contributed by atoms with E-state index in [1.165, 1.54) is 42.6 Å². The van der Waals surface area contributed by atoms with Crippen molar-refractivity contribution >= 4 is 76.1 Å². The van der Waals surface area contributed by atoms with Crippen molar-refractivity contribution in [2.45, 2.75) is 59.2 Å². The number of aryl methyl sites for hydroxylation is 1. The van der Waals surface area contributed by atoms with Crippen LogP contribution < -0.4 is 14.5 Å². The topological polar surface area (TPSA) is 33.5 Å². The van der Waals surface area contributed by atoms with E-state index in [1.54, 1.807) is 12.3 Å². The average molecular weight is 918 g/mol. The van der Waals surface area contributed by atoms with Crippen LogP contribution >= 0.6 is 11.3 Å². The Morgan fingerprint density at radius 3 is 1.99 bits per heavy atom. The van der Waals surface area contributed by atoms with E-state index >= 15 is 0 Å². The second-order valence-electron chi connectivity index (χ2n) is 20.3. The molecule has 0 aliphatic carbocycles. The van der Waals surface area contributed by atoms with Crippen LogP contribution in [0.3, 0.4) is 0 Å². The second-order valence-corrected chi connectivity index (χ2v) is 21.4. The molecule has 0 spiro atoms. The molecule has 0 saturated heterocycles. The molecule has 0 N–H and O–H groups in total. The number of pyridine rings is 1. The van der Waals surface area contributed by atoms with Gasteiger partial charge in [0.25, 0.3) is 0 Å². The Balaban J connectivity index is 0.959. The third-order valence-corrected chi connectivity index (χ3v) is 14.9. The molecule has 5 nitrogen and oxygen atoms in total. The maximum absolute atomic E-state index is 8.71. The summed E-state index contributed by atoms with van der Waals surface area (Å²) in [6.45, 7) is 12.0. The zero-order valence-electron chi connectivity index (χ0n) is 42.7. The number of para-hydroxylation sites is 2. The molecular formula is C63H54N4OS. The molecule has 0 saturated carbocycles. The van der Waals surface area contributed by atoms with Gasteiger partial charge in [-0.3, -0.25) is 4.57 Å². The molecule has 0 amide bonds. The van der Waals surface area contributed by atoms with Crippen LogP contribution in [0.25, 0.3) is 70.0 Å². The minimum atomic E-state index is -2.39. The Kier molecular flexibility index (Phi) is 9.26. The average Bonchev–Trinajstić information content (AvgIpc) is 4.05. The lowest BCUT2D eigenvalue weighted by Crippen LogP contribution is -2.25. The number of fused-ring (bicyclic) bond motifs is 7. The standard InChI is InChI=1S/C63H54N4OS/c1-40-31-60(64-38-54(40)41-17-9-8-10-18-41)67-55-30-27-42(49-22-16-23-52-51-21-11-14-26-59(51)69-61(49)52)32-53(55)50-29-28-48(37-58(50)67)68-47-20-15-19-45(36-47)65-39-66(57-25-13-12-24-56(57)65)46-34-43(62(2,3)4)33-44(35-46)63(5,6)7/h8-38H,39H2,1-7H3/i1D3. The van der Waals surface area contributed by atoms with Gasteiger partial charge in [0.15, 0.2) is 0 Å². The van der Waals surface area contributed by atoms with Crippen LogP contribution in [-0.4, -0.2) is 16.2 Å². The Labute approximate surface area is 412 Å². The second kappa shape index (κ2) is 16.2. The summed E-state index contributed by atoms with van der Waals surface area (Å²) in [6, 6.07) is 63.3. The molecule has 0 radical (unpaired) electrons. The van der Waals surface area contributed by atoms with Crippen molar-refractivity contribution in [1.29, 1.82) is 0 Å². The minimum absolute atomic E-state index is 0.0136. The van der Waals surface area contributed by atoms with Gasteiger partial charge in [-0.1, -0.05) is 139 Å². The lowest BCUT2D eigenvalue weighted by Gasteiger charge is -2.29. The molecule has 12 rings (SSSR count). The van der Waals surface area contributed by atoms with Gasteiger partial charge in [-0.15, -0.1) is 11.3 Å². The van der Waals surface area contributed by atoms with Crippen LogP contribution in [-0.2, 0) is 10.8 Å². The molecule has 0 bridgehead atoms. The first kappa shape index (κ1) is 39.3. The summed E-state index contributed by atoms with van der Waals surface area (Å²) in [7, 11) is 0. The molecule has 338 valence electrons. The van der Waals surface area contributed by atoms with E-state index < -0.39 is 6.85 Å². The summed E-state index contributed by atoms with van der Waals surface area (Å²) in [5, 5.41) is 4.53. The van der Waals surface area contributed by atoms with E-state index in [1.807, 2.05) is 53.8 Å². The number of hydrogen-bond donors (Lipinski definition) is 0. The maximum Gasteiger partial charge on any atom is 0.137 e. The molecule has 11 aromatic rings. The molecule has 0 unspecified atom stereocenters. The van der Waals surface area contributed by atoms with E-state index in [2.05, 4.69) is 189 Å². The number of anilines is 4. The summed E-state index contributed by atoms with van der Waals surface area (Å²) in [5.41, 5.74) is 12.7. The molecule has 1 aliphatic rings. The Morgan fingerprint density at radius 2 is 1.22 bits per heavy atom. The molecule has 0 fully saturated rings. The third-order valence-electron chi connectivity index (χ3n) is 13.7. The minimum Gasteiger partial charge on any atom is -0.457 e. The fourth-order valence-corrected chi connectivity index (χ4v) is 11.2. The molecule has 6 heteroatoms. The number of nitrogens with zero attached hydrogens (tertiary/aromatic N) is 4. The van der Waals surface area contributed by atoms with Gasteiger partial charge in [-0.25, -0.2) is 4.98 Å². The van der Waals surface area contributed by atoms with Crippen molar-refractivity contribution in [1.82, 2.24) is 9.55 Å². The van der Waals surface area contributed by atoms with Gasteiger partial charge < -0.3 is 14.5 Å². The molecule has 69 heavy (non-hydrogen) atoms. The predicted octanol–water partition coefficient (Wildman–Crippen LogP) is 17.8. The molecule has 1 aliphatic heterocycles.